The molecule has 0 saturated carbocycles. The Morgan fingerprint density at radius 1 is 1.11 bits per heavy atom. The average molecular weight is 314 g/mol. The lowest BCUT2D eigenvalue weighted by molar-refractivity contribution is -0.137. The van der Waals surface area contributed by atoms with Gasteiger partial charge in [-0.1, -0.05) is 18.0 Å². The van der Waals surface area contributed by atoms with Gasteiger partial charge in [-0.25, -0.2) is 0 Å². The minimum atomic E-state index is -4.30. The van der Waals surface area contributed by atoms with Crippen LogP contribution in [0.1, 0.15) is 30.4 Å². The third-order valence-electron chi connectivity index (χ3n) is 3.22. The van der Waals surface area contributed by atoms with E-state index < -0.39 is 11.7 Å². The van der Waals surface area contributed by atoms with Crippen molar-refractivity contribution in [2.45, 2.75) is 32.0 Å². The zero-order chi connectivity index (χ0) is 13.2. The highest BCUT2D eigenvalue weighted by Crippen LogP contribution is 2.32. The van der Waals surface area contributed by atoms with Crippen LogP contribution < -0.4 is 0 Å². The molecule has 1 aliphatic rings. The van der Waals surface area contributed by atoms with Crippen LogP contribution in [-0.4, -0.2) is 18.0 Å². The maximum absolute atomic E-state index is 12.6. The van der Waals surface area contributed by atoms with Crippen LogP contribution >= 0.6 is 24.0 Å². The fraction of sp³-hybridized carbons (Fsp3) is 0.538. The smallest absolute Gasteiger partial charge is 0.299 e. The zero-order valence-electron chi connectivity index (χ0n) is 10.3. The van der Waals surface area contributed by atoms with Crippen molar-refractivity contribution in [3.63, 3.8) is 0 Å². The third kappa shape index (κ3) is 4.55. The first-order chi connectivity index (χ1) is 8.47. The standard InChI is InChI=1S/C13H15ClF3N.ClH/c14-12-5-4-11(13(15,16)17)8-10(12)9-18-6-2-1-3-7-18;/h4-5,8H,1-3,6-7,9H2;1H. The van der Waals surface area contributed by atoms with Crippen LogP contribution in [0.3, 0.4) is 0 Å². The van der Waals surface area contributed by atoms with Crippen molar-refractivity contribution in [2.75, 3.05) is 13.1 Å². The monoisotopic (exact) mass is 313 g/mol. The summed E-state index contributed by atoms with van der Waals surface area (Å²) in [7, 11) is 0. The van der Waals surface area contributed by atoms with Crippen LogP contribution in [0.15, 0.2) is 18.2 Å². The molecule has 0 aliphatic carbocycles. The van der Waals surface area contributed by atoms with Crippen LogP contribution in [0.2, 0.25) is 5.02 Å². The molecule has 1 nitrogen and oxygen atoms in total. The van der Waals surface area contributed by atoms with E-state index in [0.717, 1.165) is 38.1 Å². The first-order valence-corrected chi connectivity index (χ1v) is 6.42. The van der Waals surface area contributed by atoms with Crippen molar-refractivity contribution in [3.8, 4) is 0 Å². The number of piperidine rings is 1. The minimum Gasteiger partial charge on any atom is -0.299 e. The fourth-order valence-corrected chi connectivity index (χ4v) is 2.41. The molecule has 0 unspecified atom stereocenters. The first kappa shape index (κ1) is 16.6. The molecule has 6 heteroatoms. The second-order valence-electron chi connectivity index (χ2n) is 4.64. The summed E-state index contributed by atoms with van der Waals surface area (Å²) >= 11 is 5.97. The SMILES string of the molecule is Cl.FC(F)(F)c1ccc(Cl)c(CN2CCCCC2)c1. The average Bonchev–Trinajstić information content (AvgIpc) is 2.32. The van der Waals surface area contributed by atoms with Crippen molar-refractivity contribution >= 4 is 24.0 Å². The highest BCUT2D eigenvalue weighted by atomic mass is 35.5. The van der Waals surface area contributed by atoms with E-state index in [-0.39, 0.29) is 12.4 Å². The van der Waals surface area contributed by atoms with E-state index in [0.29, 0.717) is 17.1 Å². The van der Waals surface area contributed by atoms with Gasteiger partial charge < -0.3 is 0 Å². The van der Waals surface area contributed by atoms with Gasteiger partial charge in [-0.3, -0.25) is 4.90 Å². The number of hydrogen-bond donors (Lipinski definition) is 0. The van der Waals surface area contributed by atoms with E-state index in [4.69, 9.17) is 11.6 Å². The molecule has 0 radical (unpaired) electrons. The molecule has 1 aromatic rings. The van der Waals surface area contributed by atoms with E-state index in [1.165, 1.54) is 12.5 Å². The van der Waals surface area contributed by atoms with Crippen LogP contribution in [-0.2, 0) is 12.7 Å². The minimum absolute atomic E-state index is 0. The molecule has 0 amide bonds. The molecule has 1 aliphatic heterocycles. The molecule has 19 heavy (non-hydrogen) atoms. The molecule has 0 spiro atoms. The van der Waals surface area contributed by atoms with Gasteiger partial charge in [-0.15, -0.1) is 12.4 Å². The Labute approximate surface area is 122 Å². The number of nitrogens with zero attached hydrogens (tertiary/aromatic N) is 1. The summed E-state index contributed by atoms with van der Waals surface area (Å²) < 4.78 is 37.9. The molecule has 0 bridgehead atoms. The van der Waals surface area contributed by atoms with Crippen molar-refractivity contribution in [1.29, 1.82) is 0 Å². The summed E-state index contributed by atoms with van der Waals surface area (Å²) in [5, 5.41) is 0.411. The third-order valence-corrected chi connectivity index (χ3v) is 3.58. The molecule has 1 saturated heterocycles. The lowest BCUT2D eigenvalue weighted by Gasteiger charge is -2.27. The molecular formula is C13H16Cl2F3N. The number of likely N-dealkylation sites (tertiary alicyclic amines) is 1. The Morgan fingerprint density at radius 2 is 1.74 bits per heavy atom. The second kappa shape index (κ2) is 6.82. The zero-order valence-corrected chi connectivity index (χ0v) is 11.9. The summed E-state index contributed by atoms with van der Waals surface area (Å²) in [6.45, 7) is 2.38. The Morgan fingerprint density at radius 3 is 2.32 bits per heavy atom. The van der Waals surface area contributed by atoms with E-state index in [1.54, 1.807) is 0 Å². The predicted molar refractivity (Wildman–Crippen MR) is 72.8 cm³/mol. The maximum atomic E-state index is 12.6. The van der Waals surface area contributed by atoms with Crippen LogP contribution in [0.5, 0.6) is 0 Å². The van der Waals surface area contributed by atoms with Crippen molar-refractivity contribution in [1.82, 2.24) is 4.90 Å². The molecule has 108 valence electrons. The summed E-state index contributed by atoms with van der Waals surface area (Å²) in [5.74, 6) is 0. The highest BCUT2D eigenvalue weighted by molar-refractivity contribution is 6.31. The summed E-state index contributed by atoms with van der Waals surface area (Å²) in [6.07, 6.45) is -0.888. The van der Waals surface area contributed by atoms with Gasteiger partial charge in [-0.2, -0.15) is 13.2 Å². The van der Waals surface area contributed by atoms with E-state index >= 15 is 0 Å². The van der Waals surface area contributed by atoms with Crippen LogP contribution in [0, 0.1) is 0 Å². The number of hydrogen-bond acceptors (Lipinski definition) is 1. The quantitative estimate of drug-likeness (QED) is 0.760. The molecule has 1 fully saturated rings. The van der Waals surface area contributed by atoms with Gasteiger partial charge in [0.2, 0.25) is 0 Å². The first-order valence-electron chi connectivity index (χ1n) is 6.05. The van der Waals surface area contributed by atoms with Gasteiger partial charge in [0.25, 0.3) is 0 Å². The molecular weight excluding hydrogens is 298 g/mol. The van der Waals surface area contributed by atoms with Crippen LogP contribution in [0.4, 0.5) is 13.2 Å². The van der Waals surface area contributed by atoms with Gasteiger partial charge in [0.05, 0.1) is 5.56 Å². The van der Waals surface area contributed by atoms with E-state index in [2.05, 4.69) is 4.90 Å². The predicted octanol–water partition coefficient (Wildman–Crippen LogP) is 4.77. The summed E-state index contributed by atoms with van der Waals surface area (Å²) in [6, 6.07) is 3.53. The summed E-state index contributed by atoms with van der Waals surface area (Å²) in [5.41, 5.74) is -0.0627. The molecule has 1 aromatic carbocycles. The van der Waals surface area contributed by atoms with Gasteiger partial charge in [-0.05, 0) is 49.7 Å². The maximum Gasteiger partial charge on any atom is 0.416 e. The topological polar surface area (TPSA) is 3.24 Å². The Hall–Kier alpha value is -0.450. The van der Waals surface area contributed by atoms with Crippen LogP contribution in [0.25, 0.3) is 0 Å². The molecule has 1 heterocycles. The number of rotatable bonds is 2. The highest BCUT2D eigenvalue weighted by Gasteiger charge is 2.31. The van der Waals surface area contributed by atoms with E-state index in [1.807, 2.05) is 0 Å². The lowest BCUT2D eigenvalue weighted by Crippen LogP contribution is -2.29. The molecule has 0 atom stereocenters. The molecule has 0 N–H and O–H groups in total. The Balaban J connectivity index is 0.00000180. The van der Waals surface area contributed by atoms with Crippen molar-refractivity contribution < 1.29 is 13.2 Å². The number of alkyl halides is 3. The molecule has 0 aromatic heterocycles. The van der Waals surface area contributed by atoms with E-state index in [9.17, 15) is 13.2 Å². The van der Waals surface area contributed by atoms with Gasteiger partial charge >= 0.3 is 6.18 Å². The second-order valence-corrected chi connectivity index (χ2v) is 5.05. The summed E-state index contributed by atoms with van der Waals surface area (Å²) in [4.78, 5) is 2.16. The van der Waals surface area contributed by atoms with Gasteiger partial charge in [0.15, 0.2) is 0 Å². The lowest BCUT2D eigenvalue weighted by atomic mass is 10.1. The van der Waals surface area contributed by atoms with Crippen molar-refractivity contribution in [3.05, 3.63) is 34.3 Å². The number of benzene rings is 1. The van der Waals surface area contributed by atoms with Gasteiger partial charge in [0, 0.05) is 11.6 Å². The fourth-order valence-electron chi connectivity index (χ4n) is 2.23. The molecule has 2 rings (SSSR count). The Bertz CT molecular complexity index is 415. The van der Waals surface area contributed by atoms with Crippen molar-refractivity contribution in [2.24, 2.45) is 0 Å². The Kier molecular flexibility index (Phi) is 5.96. The number of halogens is 5. The largest absolute Gasteiger partial charge is 0.416 e. The van der Waals surface area contributed by atoms with Gasteiger partial charge in [0.1, 0.15) is 0 Å². The normalized spacial score (nSPS) is 17.1.